The van der Waals surface area contributed by atoms with Crippen molar-refractivity contribution in [2.75, 3.05) is 6.54 Å². The van der Waals surface area contributed by atoms with Crippen molar-refractivity contribution in [1.29, 1.82) is 0 Å². The van der Waals surface area contributed by atoms with Crippen molar-refractivity contribution >= 4 is 16.3 Å². The van der Waals surface area contributed by atoms with Crippen LogP contribution in [0.2, 0.25) is 0 Å². The van der Waals surface area contributed by atoms with Gasteiger partial charge in [-0.3, -0.25) is 4.40 Å². The number of hydrogen-bond acceptors (Lipinski definition) is 3. The van der Waals surface area contributed by atoms with Gasteiger partial charge in [-0.15, -0.1) is 11.3 Å². The van der Waals surface area contributed by atoms with Gasteiger partial charge in [0.05, 0.1) is 5.69 Å². The fourth-order valence-corrected chi connectivity index (χ4v) is 3.77. The zero-order valence-electron chi connectivity index (χ0n) is 11.5. The second-order valence-corrected chi connectivity index (χ2v) is 7.32. The molecule has 0 atom stereocenters. The normalized spacial score (nSPS) is 21.6. The van der Waals surface area contributed by atoms with Crippen molar-refractivity contribution in [3.05, 3.63) is 23.5 Å². The molecule has 0 aliphatic heterocycles. The van der Waals surface area contributed by atoms with Gasteiger partial charge in [0.1, 0.15) is 0 Å². The minimum Gasteiger partial charge on any atom is -0.311 e. The van der Waals surface area contributed by atoms with Crippen LogP contribution in [0.4, 0.5) is 0 Å². The van der Waals surface area contributed by atoms with Crippen LogP contribution in [0.15, 0.2) is 17.8 Å². The van der Waals surface area contributed by atoms with E-state index in [9.17, 15) is 0 Å². The van der Waals surface area contributed by atoms with E-state index >= 15 is 0 Å². The molecule has 1 N–H and O–H groups in total. The highest BCUT2D eigenvalue weighted by Crippen LogP contribution is 2.67. The maximum absolute atomic E-state index is 4.58. The Kier molecular flexibility index (Phi) is 2.58. The topological polar surface area (TPSA) is 29.3 Å². The number of thiazole rings is 1. The summed E-state index contributed by atoms with van der Waals surface area (Å²) < 4.78 is 2.09. The number of hydrogen-bond donors (Lipinski definition) is 1. The van der Waals surface area contributed by atoms with Gasteiger partial charge < -0.3 is 5.32 Å². The molecule has 2 aromatic heterocycles. The maximum Gasteiger partial charge on any atom is 0.193 e. The lowest BCUT2D eigenvalue weighted by atomic mass is 10.0. The number of imidazole rings is 1. The van der Waals surface area contributed by atoms with Gasteiger partial charge >= 0.3 is 0 Å². The average Bonchev–Trinajstić information content (AvgIpc) is 2.71. The standard InChI is InChI=1S/C14H21N3S/c1-13(2)11(14(13,3)4)8-15-7-10-9-17-5-6-18-12(17)16-10/h5-6,9,11,15H,7-8H2,1-4H3. The fourth-order valence-electron chi connectivity index (χ4n) is 3.05. The Hall–Kier alpha value is -0.870. The van der Waals surface area contributed by atoms with Gasteiger partial charge in [0.2, 0.25) is 0 Å². The predicted octanol–water partition coefficient (Wildman–Crippen LogP) is 3.17. The van der Waals surface area contributed by atoms with Crippen LogP contribution in [-0.2, 0) is 6.54 Å². The predicted molar refractivity (Wildman–Crippen MR) is 75.8 cm³/mol. The summed E-state index contributed by atoms with van der Waals surface area (Å²) in [4.78, 5) is 5.66. The van der Waals surface area contributed by atoms with Gasteiger partial charge in [0.15, 0.2) is 4.96 Å². The summed E-state index contributed by atoms with van der Waals surface area (Å²) in [7, 11) is 0. The Morgan fingerprint density at radius 1 is 1.33 bits per heavy atom. The van der Waals surface area contributed by atoms with E-state index in [-0.39, 0.29) is 0 Å². The van der Waals surface area contributed by atoms with Crippen LogP contribution < -0.4 is 5.32 Å². The van der Waals surface area contributed by atoms with E-state index in [2.05, 4.69) is 60.2 Å². The summed E-state index contributed by atoms with van der Waals surface area (Å²) in [5.74, 6) is 0.772. The quantitative estimate of drug-likeness (QED) is 0.918. The number of aromatic nitrogens is 2. The Labute approximate surface area is 112 Å². The molecule has 1 aliphatic rings. The maximum atomic E-state index is 4.58. The van der Waals surface area contributed by atoms with Gasteiger partial charge in [0, 0.05) is 24.3 Å². The van der Waals surface area contributed by atoms with E-state index in [0.29, 0.717) is 10.8 Å². The summed E-state index contributed by atoms with van der Waals surface area (Å²) in [6, 6.07) is 0. The molecule has 98 valence electrons. The Morgan fingerprint density at radius 3 is 2.67 bits per heavy atom. The van der Waals surface area contributed by atoms with Gasteiger partial charge in [-0.2, -0.15) is 0 Å². The van der Waals surface area contributed by atoms with Crippen LogP contribution in [0.5, 0.6) is 0 Å². The lowest BCUT2D eigenvalue weighted by Gasteiger charge is -2.04. The van der Waals surface area contributed by atoms with Crippen molar-refractivity contribution < 1.29 is 0 Å². The molecule has 0 unspecified atom stereocenters. The molecule has 2 aromatic rings. The summed E-state index contributed by atoms with van der Waals surface area (Å²) in [5.41, 5.74) is 2.07. The number of fused-ring (bicyclic) bond motifs is 1. The van der Waals surface area contributed by atoms with Gasteiger partial charge in [-0.05, 0) is 23.3 Å². The first-order valence-electron chi connectivity index (χ1n) is 6.55. The first-order valence-corrected chi connectivity index (χ1v) is 7.42. The third-order valence-electron chi connectivity index (χ3n) is 5.12. The zero-order chi connectivity index (χ0) is 13.0. The van der Waals surface area contributed by atoms with Crippen LogP contribution >= 0.6 is 11.3 Å². The van der Waals surface area contributed by atoms with E-state index in [1.54, 1.807) is 11.3 Å². The van der Waals surface area contributed by atoms with Crippen LogP contribution in [0.1, 0.15) is 33.4 Å². The Morgan fingerprint density at radius 2 is 2.06 bits per heavy atom. The number of nitrogens with zero attached hydrogens (tertiary/aromatic N) is 2. The summed E-state index contributed by atoms with van der Waals surface area (Å²) in [5, 5.41) is 5.62. The van der Waals surface area contributed by atoms with Gasteiger partial charge in [0.25, 0.3) is 0 Å². The van der Waals surface area contributed by atoms with E-state index in [0.717, 1.165) is 29.7 Å². The largest absolute Gasteiger partial charge is 0.311 e. The van der Waals surface area contributed by atoms with Crippen LogP contribution in [0, 0.1) is 16.7 Å². The van der Waals surface area contributed by atoms with E-state index in [1.807, 2.05) is 0 Å². The van der Waals surface area contributed by atoms with E-state index in [1.165, 1.54) is 0 Å². The summed E-state index contributed by atoms with van der Waals surface area (Å²) in [6.45, 7) is 11.4. The molecule has 0 radical (unpaired) electrons. The lowest BCUT2D eigenvalue weighted by Crippen LogP contribution is -2.19. The molecule has 3 nitrogen and oxygen atoms in total. The summed E-state index contributed by atoms with van der Waals surface area (Å²) >= 11 is 1.68. The van der Waals surface area contributed by atoms with E-state index in [4.69, 9.17) is 0 Å². The van der Waals surface area contributed by atoms with Gasteiger partial charge in [-0.25, -0.2) is 4.98 Å². The van der Waals surface area contributed by atoms with Crippen molar-refractivity contribution in [2.24, 2.45) is 16.7 Å². The van der Waals surface area contributed by atoms with Crippen LogP contribution in [0.3, 0.4) is 0 Å². The highest BCUT2D eigenvalue weighted by atomic mass is 32.1. The fraction of sp³-hybridized carbons (Fsp3) is 0.643. The monoisotopic (exact) mass is 263 g/mol. The first-order chi connectivity index (χ1) is 8.43. The molecule has 1 fully saturated rings. The highest BCUT2D eigenvalue weighted by molar-refractivity contribution is 7.15. The minimum atomic E-state index is 0.467. The van der Waals surface area contributed by atoms with Crippen molar-refractivity contribution in [3.8, 4) is 0 Å². The zero-order valence-corrected chi connectivity index (χ0v) is 12.3. The third-order valence-corrected chi connectivity index (χ3v) is 5.89. The van der Waals surface area contributed by atoms with E-state index < -0.39 is 0 Å². The Balaban J connectivity index is 1.56. The van der Waals surface area contributed by atoms with Crippen molar-refractivity contribution in [2.45, 2.75) is 34.2 Å². The molecule has 0 saturated heterocycles. The molecule has 4 heteroatoms. The first kappa shape index (κ1) is 12.2. The SMILES string of the molecule is CC1(C)C(CNCc2cn3ccsc3n2)C1(C)C. The van der Waals surface area contributed by atoms with Crippen LogP contribution in [-0.4, -0.2) is 15.9 Å². The number of rotatable bonds is 4. The lowest BCUT2D eigenvalue weighted by molar-refractivity contribution is 0.457. The van der Waals surface area contributed by atoms with Gasteiger partial charge in [-0.1, -0.05) is 27.7 Å². The molecule has 1 aliphatic carbocycles. The molecule has 0 spiro atoms. The molecule has 2 heterocycles. The smallest absolute Gasteiger partial charge is 0.193 e. The molecule has 1 saturated carbocycles. The minimum absolute atomic E-state index is 0.467. The summed E-state index contributed by atoms with van der Waals surface area (Å²) in [6.07, 6.45) is 4.17. The molecule has 18 heavy (non-hydrogen) atoms. The second kappa shape index (κ2) is 3.81. The molecular weight excluding hydrogens is 242 g/mol. The average molecular weight is 263 g/mol. The molecule has 0 bridgehead atoms. The van der Waals surface area contributed by atoms with Crippen molar-refractivity contribution in [3.63, 3.8) is 0 Å². The Bertz CT molecular complexity index is 522. The molecule has 0 amide bonds. The third kappa shape index (κ3) is 1.70. The van der Waals surface area contributed by atoms with Crippen LogP contribution in [0.25, 0.3) is 4.96 Å². The molecule has 3 rings (SSSR count). The molecular formula is C14H21N3S. The number of nitrogens with one attached hydrogen (secondary N) is 1. The highest BCUT2D eigenvalue weighted by Gasteiger charge is 2.63. The van der Waals surface area contributed by atoms with Crippen molar-refractivity contribution in [1.82, 2.24) is 14.7 Å². The second-order valence-electron chi connectivity index (χ2n) is 6.45. The molecule has 0 aromatic carbocycles.